The van der Waals surface area contributed by atoms with E-state index in [1.165, 1.54) is 4.90 Å². The molecule has 0 aliphatic carbocycles. The summed E-state index contributed by atoms with van der Waals surface area (Å²) < 4.78 is 0. The van der Waals surface area contributed by atoms with Gasteiger partial charge in [0, 0.05) is 20.1 Å². The van der Waals surface area contributed by atoms with Gasteiger partial charge in [-0.3, -0.25) is 4.79 Å². The van der Waals surface area contributed by atoms with Crippen LogP contribution in [-0.4, -0.2) is 47.1 Å². The van der Waals surface area contributed by atoms with Gasteiger partial charge in [0.15, 0.2) is 0 Å². The molecule has 0 bridgehead atoms. The molecule has 0 saturated heterocycles. The average Bonchev–Trinajstić information content (AvgIpc) is 2.37. The van der Waals surface area contributed by atoms with Crippen molar-refractivity contribution in [3.8, 4) is 0 Å². The van der Waals surface area contributed by atoms with E-state index < -0.39 is 6.10 Å². The van der Waals surface area contributed by atoms with E-state index in [-0.39, 0.29) is 11.6 Å². The summed E-state index contributed by atoms with van der Waals surface area (Å²) in [7, 11) is 1.67. The van der Waals surface area contributed by atoms with Gasteiger partial charge in [0.05, 0.1) is 11.1 Å². The number of anilines is 1. The van der Waals surface area contributed by atoms with Crippen molar-refractivity contribution in [3.05, 3.63) is 22.8 Å². The maximum atomic E-state index is 12.2. The number of pyridine rings is 1. The molecule has 1 rings (SSSR count). The normalized spacial score (nSPS) is 12.1. The third kappa shape index (κ3) is 4.69. The maximum Gasteiger partial charge on any atom is 0.273 e. The lowest BCUT2D eigenvalue weighted by atomic mass is 10.2. The molecule has 1 atom stereocenters. The highest BCUT2D eigenvalue weighted by Gasteiger charge is 2.17. The highest BCUT2D eigenvalue weighted by molar-refractivity contribution is 6.33. The number of aliphatic hydroxyl groups is 1. The van der Waals surface area contributed by atoms with Crippen molar-refractivity contribution in [2.75, 3.05) is 25.5 Å². The predicted octanol–water partition coefficient (Wildman–Crippen LogP) is 2.01. The average molecular weight is 286 g/mol. The van der Waals surface area contributed by atoms with Crippen LogP contribution in [0.3, 0.4) is 0 Å². The molecule has 106 valence electrons. The Morgan fingerprint density at radius 2 is 2.26 bits per heavy atom. The van der Waals surface area contributed by atoms with Crippen LogP contribution in [0.25, 0.3) is 0 Å². The van der Waals surface area contributed by atoms with Crippen LogP contribution in [0.5, 0.6) is 0 Å². The van der Waals surface area contributed by atoms with E-state index in [9.17, 15) is 9.90 Å². The molecule has 1 aromatic rings. The minimum atomic E-state index is -0.438. The third-order valence-corrected chi connectivity index (χ3v) is 2.94. The predicted molar refractivity (Wildman–Crippen MR) is 76.7 cm³/mol. The molecule has 0 spiro atoms. The van der Waals surface area contributed by atoms with Crippen molar-refractivity contribution >= 4 is 23.3 Å². The molecular formula is C13H20ClN3O2. The highest BCUT2D eigenvalue weighted by atomic mass is 35.5. The Kier molecular flexibility index (Phi) is 6.05. The summed E-state index contributed by atoms with van der Waals surface area (Å²) in [6, 6.07) is 3.39. The molecule has 0 fully saturated rings. The van der Waals surface area contributed by atoms with Gasteiger partial charge in [-0.1, -0.05) is 11.6 Å². The molecule has 0 aromatic carbocycles. The monoisotopic (exact) mass is 285 g/mol. The van der Waals surface area contributed by atoms with E-state index in [2.05, 4.69) is 10.3 Å². The number of carbonyl (C=O) groups excluding carboxylic acids is 1. The largest absolute Gasteiger partial charge is 0.393 e. The number of aromatic nitrogens is 1. The summed E-state index contributed by atoms with van der Waals surface area (Å²) in [5.41, 5.74) is 0.230. The van der Waals surface area contributed by atoms with Crippen molar-refractivity contribution in [3.63, 3.8) is 0 Å². The van der Waals surface area contributed by atoms with Crippen molar-refractivity contribution in [2.45, 2.75) is 26.4 Å². The number of rotatable bonds is 6. The van der Waals surface area contributed by atoms with Crippen LogP contribution in [0.4, 0.5) is 5.82 Å². The molecule has 5 nitrogen and oxygen atoms in total. The summed E-state index contributed by atoms with van der Waals surface area (Å²) in [5.74, 6) is 0.379. The molecule has 19 heavy (non-hydrogen) atoms. The number of halogens is 1. The molecule has 1 heterocycles. The van der Waals surface area contributed by atoms with Crippen molar-refractivity contribution in [1.29, 1.82) is 0 Å². The zero-order valence-electron chi connectivity index (χ0n) is 11.5. The molecule has 2 N–H and O–H groups in total. The van der Waals surface area contributed by atoms with Crippen LogP contribution in [-0.2, 0) is 0 Å². The number of aliphatic hydroxyl groups excluding tert-OH is 1. The molecule has 0 radical (unpaired) electrons. The Morgan fingerprint density at radius 3 is 2.84 bits per heavy atom. The fraction of sp³-hybridized carbons (Fsp3) is 0.538. The summed E-state index contributed by atoms with van der Waals surface area (Å²) in [6.07, 6.45) is 0.0824. The first-order chi connectivity index (χ1) is 8.95. The topological polar surface area (TPSA) is 65.5 Å². The number of amides is 1. The second-order valence-electron chi connectivity index (χ2n) is 4.42. The van der Waals surface area contributed by atoms with Gasteiger partial charge in [-0.25, -0.2) is 4.98 Å². The molecule has 1 amide bonds. The van der Waals surface area contributed by atoms with Gasteiger partial charge >= 0.3 is 0 Å². The van der Waals surface area contributed by atoms with Crippen LogP contribution in [0, 0.1) is 0 Å². The first-order valence-electron chi connectivity index (χ1n) is 6.29. The summed E-state index contributed by atoms with van der Waals surface area (Å²) >= 11 is 6.01. The summed E-state index contributed by atoms with van der Waals surface area (Å²) in [5, 5.41) is 12.6. The molecule has 0 aliphatic heterocycles. The lowest BCUT2D eigenvalue weighted by molar-refractivity contribution is 0.0763. The lowest BCUT2D eigenvalue weighted by Crippen LogP contribution is -2.30. The first kappa shape index (κ1) is 15.7. The van der Waals surface area contributed by atoms with Gasteiger partial charge in [0.25, 0.3) is 5.91 Å². The van der Waals surface area contributed by atoms with Gasteiger partial charge in [0.2, 0.25) is 0 Å². The minimum Gasteiger partial charge on any atom is -0.393 e. The van der Waals surface area contributed by atoms with E-state index in [0.29, 0.717) is 23.8 Å². The Hall–Kier alpha value is -1.33. The number of nitrogens with zero attached hydrogens (tertiary/aromatic N) is 2. The number of hydrogen-bond acceptors (Lipinski definition) is 4. The van der Waals surface area contributed by atoms with E-state index >= 15 is 0 Å². The number of carbonyl (C=O) groups is 1. The van der Waals surface area contributed by atoms with Crippen LogP contribution in [0.2, 0.25) is 5.02 Å². The molecule has 0 saturated carbocycles. The molecular weight excluding hydrogens is 266 g/mol. The van der Waals surface area contributed by atoms with Gasteiger partial charge in [0.1, 0.15) is 11.5 Å². The van der Waals surface area contributed by atoms with E-state index in [1.54, 1.807) is 26.1 Å². The van der Waals surface area contributed by atoms with E-state index in [1.807, 2.05) is 6.92 Å². The Labute approximate surface area is 118 Å². The van der Waals surface area contributed by atoms with E-state index in [4.69, 9.17) is 11.6 Å². The molecule has 6 heteroatoms. The third-order valence-electron chi connectivity index (χ3n) is 2.64. The van der Waals surface area contributed by atoms with Gasteiger partial charge < -0.3 is 15.3 Å². The SMILES string of the molecule is CCNc1ccc(Cl)c(C(=O)N(C)CCC(C)O)n1. The lowest BCUT2D eigenvalue weighted by Gasteiger charge is -2.18. The van der Waals surface area contributed by atoms with Crippen LogP contribution < -0.4 is 5.32 Å². The molecule has 1 unspecified atom stereocenters. The summed E-state index contributed by atoms with van der Waals surface area (Å²) in [6.45, 7) is 4.82. The first-order valence-corrected chi connectivity index (χ1v) is 6.67. The van der Waals surface area contributed by atoms with Crippen molar-refractivity contribution < 1.29 is 9.90 Å². The van der Waals surface area contributed by atoms with Gasteiger partial charge in [-0.2, -0.15) is 0 Å². The Morgan fingerprint density at radius 1 is 1.58 bits per heavy atom. The molecule has 0 aliphatic rings. The fourth-order valence-electron chi connectivity index (χ4n) is 1.53. The Bertz CT molecular complexity index is 438. The number of hydrogen-bond donors (Lipinski definition) is 2. The summed E-state index contributed by atoms with van der Waals surface area (Å²) in [4.78, 5) is 17.9. The highest BCUT2D eigenvalue weighted by Crippen LogP contribution is 2.18. The zero-order valence-corrected chi connectivity index (χ0v) is 12.2. The van der Waals surface area contributed by atoms with Crippen LogP contribution in [0.1, 0.15) is 30.8 Å². The standard InChI is InChI=1S/C13H20ClN3O2/c1-4-15-11-6-5-10(14)12(16-11)13(19)17(3)8-7-9(2)18/h5-6,9,18H,4,7-8H2,1-3H3,(H,15,16). The van der Waals surface area contributed by atoms with Gasteiger partial charge in [-0.05, 0) is 32.4 Å². The minimum absolute atomic E-state index is 0.230. The second kappa shape index (κ2) is 7.31. The second-order valence-corrected chi connectivity index (χ2v) is 4.83. The quantitative estimate of drug-likeness (QED) is 0.839. The zero-order chi connectivity index (χ0) is 14.4. The van der Waals surface area contributed by atoms with Crippen molar-refractivity contribution in [2.24, 2.45) is 0 Å². The van der Waals surface area contributed by atoms with Crippen LogP contribution >= 0.6 is 11.6 Å². The maximum absolute atomic E-state index is 12.2. The molecule has 1 aromatic heterocycles. The fourth-order valence-corrected chi connectivity index (χ4v) is 1.72. The van der Waals surface area contributed by atoms with Crippen LogP contribution in [0.15, 0.2) is 12.1 Å². The van der Waals surface area contributed by atoms with E-state index in [0.717, 1.165) is 6.54 Å². The smallest absolute Gasteiger partial charge is 0.273 e. The number of nitrogens with one attached hydrogen (secondary N) is 1. The Balaban J connectivity index is 2.82. The van der Waals surface area contributed by atoms with Crippen molar-refractivity contribution in [1.82, 2.24) is 9.88 Å². The van der Waals surface area contributed by atoms with Gasteiger partial charge in [-0.15, -0.1) is 0 Å².